The summed E-state index contributed by atoms with van der Waals surface area (Å²) in [5.74, 6) is 2.14. The van der Waals surface area contributed by atoms with Gasteiger partial charge in [0.05, 0.1) is 14.2 Å². The summed E-state index contributed by atoms with van der Waals surface area (Å²) in [5, 5.41) is 0. The SMILES string of the molecule is COc1ccc(CC2CCCc3nc(C)cc(C)c32)cc1OC. The van der Waals surface area contributed by atoms with Crippen LogP contribution < -0.4 is 9.47 Å². The predicted octanol–water partition coefficient (Wildman–Crippen LogP) is 4.38. The van der Waals surface area contributed by atoms with Crippen molar-refractivity contribution in [1.29, 1.82) is 0 Å². The third-order valence-corrected chi connectivity index (χ3v) is 4.78. The second kappa shape index (κ2) is 6.61. The lowest BCUT2D eigenvalue weighted by Crippen LogP contribution is -2.16. The number of aryl methyl sites for hydroxylation is 3. The smallest absolute Gasteiger partial charge is 0.160 e. The molecule has 1 aromatic carbocycles. The Kier molecular flexibility index (Phi) is 4.56. The molecular weight excluding hydrogens is 286 g/mol. The van der Waals surface area contributed by atoms with Gasteiger partial charge in [-0.3, -0.25) is 4.98 Å². The van der Waals surface area contributed by atoms with Crippen LogP contribution in [0.3, 0.4) is 0 Å². The Balaban J connectivity index is 1.91. The minimum Gasteiger partial charge on any atom is -0.493 e. The first-order valence-electron chi connectivity index (χ1n) is 8.30. The molecule has 1 aliphatic carbocycles. The van der Waals surface area contributed by atoms with E-state index in [0.717, 1.165) is 30.0 Å². The highest BCUT2D eigenvalue weighted by Gasteiger charge is 2.24. The van der Waals surface area contributed by atoms with Crippen LogP contribution in [0.5, 0.6) is 11.5 Å². The van der Waals surface area contributed by atoms with Gasteiger partial charge in [-0.2, -0.15) is 0 Å². The lowest BCUT2D eigenvalue weighted by atomic mass is 9.79. The van der Waals surface area contributed by atoms with Crippen LogP contribution in [0.2, 0.25) is 0 Å². The summed E-state index contributed by atoms with van der Waals surface area (Å²) in [6.45, 7) is 4.31. The van der Waals surface area contributed by atoms with Gasteiger partial charge >= 0.3 is 0 Å². The Morgan fingerprint density at radius 1 is 1.09 bits per heavy atom. The Morgan fingerprint density at radius 2 is 1.87 bits per heavy atom. The number of pyridine rings is 1. The van der Waals surface area contributed by atoms with Gasteiger partial charge in [0.25, 0.3) is 0 Å². The monoisotopic (exact) mass is 311 g/mol. The Bertz CT molecular complexity index is 709. The molecule has 3 nitrogen and oxygen atoms in total. The fourth-order valence-corrected chi connectivity index (χ4v) is 3.83. The fourth-order valence-electron chi connectivity index (χ4n) is 3.83. The van der Waals surface area contributed by atoms with Crippen LogP contribution in [0.25, 0.3) is 0 Å². The molecule has 1 aromatic heterocycles. The first kappa shape index (κ1) is 15.9. The van der Waals surface area contributed by atoms with Gasteiger partial charge in [-0.05, 0) is 80.3 Å². The minimum absolute atomic E-state index is 0.546. The van der Waals surface area contributed by atoms with Gasteiger partial charge < -0.3 is 9.47 Å². The standard InChI is InChI=1S/C20H25NO2/c1-13-10-14(2)21-17-7-5-6-16(20(13)17)11-15-8-9-18(22-3)19(12-15)23-4/h8-10,12,16H,5-7,11H2,1-4H3. The van der Waals surface area contributed by atoms with Crippen molar-refractivity contribution >= 4 is 0 Å². The minimum atomic E-state index is 0.546. The van der Waals surface area contributed by atoms with Crippen LogP contribution in [0.15, 0.2) is 24.3 Å². The third kappa shape index (κ3) is 3.19. The van der Waals surface area contributed by atoms with Crippen molar-refractivity contribution in [3.05, 3.63) is 52.3 Å². The van der Waals surface area contributed by atoms with Crippen molar-refractivity contribution in [3.63, 3.8) is 0 Å². The summed E-state index contributed by atoms with van der Waals surface area (Å²) in [6.07, 6.45) is 4.59. The van der Waals surface area contributed by atoms with Crippen LogP contribution in [-0.2, 0) is 12.8 Å². The predicted molar refractivity (Wildman–Crippen MR) is 92.6 cm³/mol. The zero-order chi connectivity index (χ0) is 16.4. The molecule has 1 heterocycles. The molecule has 0 saturated heterocycles. The fraction of sp³-hybridized carbons (Fsp3) is 0.450. The Hall–Kier alpha value is -2.03. The largest absolute Gasteiger partial charge is 0.493 e. The van der Waals surface area contributed by atoms with Gasteiger partial charge in [0.1, 0.15) is 0 Å². The maximum Gasteiger partial charge on any atom is 0.160 e. The second-order valence-corrected chi connectivity index (χ2v) is 6.42. The quantitative estimate of drug-likeness (QED) is 0.840. The molecular formula is C20H25NO2. The zero-order valence-electron chi connectivity index (χ0n) is 14.5. The molecule has 122 valence electrons. The summed E-state index contributed by atoms with van der Waals surface area (Å²) in [7, 11) is 3.36. The number of fused-ring (bicyclic) bond motifs is 1. The number of ether oxygens (including phenoxy) is 2. The van der Waals surface area contributed by atoms with E-state index < -0.39 is 0 Å². The van der Waals surface area contributed by atoms with Gasteiger partial charge in [-0.15, -0.1) is 0 Å². The van der Waals surface area contributed by atoms with Crippen LogP contribution in [0.1, 0.15) is 46.8 Å². The van der Waals surface area contributed by atoms with Gasteiger partial charge in [0, 0.05) is 11.4 Å². The Morgan fingerprint density at radius 3 is 2.61 bits per heavy atom. The second-order valence-electron chi connectivity index (χ2n) is 6.42. The third-order valence-electron chi connectivity index (χ3n) is 4.78. The number of methoxy groups -OCH3 is 2. The molecule has 0 amide bonds. The van der Waals surface area contributed by atoms with E-state index in [9.17, 15) is 0 Å². The van der Waals surface area contributed by atoms with E-state index in [4.69, 9.17) is 14.5 Å². The summed E-state index contributed by atoms with van der Waals surface area (Å²) < 4.78 is 10.8. The highest BCUT2D eigenvalue weighted by Crippen LogP contribution is 2.37. The lowest BCUT2D eigenvalue weighted by molar-refractivity contribution is 0.354. The van der Waals surface area contributed by atoms with Crippen molar-refractivity contribution < 1.29 is 9.47 Å². The van der Waals surface area contributed by atoms with E-state index in [1.807, 2.05) is 6.07 Å². The van der Waals surface area contributed by atoms with E-state index in [2.05, 4.69) is 32.0 Å². The molecule has 0 spiro atoms. The zero-order valence-corrected chi connectivity index (χ0v) is 14.5. The molecule has 0 saturated carbocycles. The number of nitrogens with zero attached hydrogens (tertiary/aromatic N) is 1. The Labute approximate surface area is 138 Å². The molecule has 0 radical (unpaired) electrons. The molecule has 3 heteroatoms. The van der Waals surface area contributed by atoms with Crippen LogP contribution in [-0.4, -0.2) is 19.2 Å². The average Bonchev–Trinajstić information content (AvgIpc) is 2.54. The van der Waals surface area contributed by atoms with E-state index in [-0.39, 0.29) is 0 Å². The molecule has 3 rings (SSSR count). The number of rotatable bonds is 4. The molecule has 1 atom stereocenters. The van der Waals surface area contributed by atoms with Crippen molar-refractivity contribution in [3.8, 4) is 11.5 Å². The average molecular weight is 311 g/mol. The molecule has 1 aliphatic rings. The van der Waals surface area contributed by atoms with Gasteiger partial charge in [0.2, 0.25) is 0 Å². The maximum absolute atomic E-state index is 5.44. The number of aromatic nitrogens is 1. The van der Waals surface area contributed by atoms with Crippen LogP contribution >= 0.6 is 0 Å². The summed E-state index contributed by atoms with van der Waals surface area (Å²) >= 11 is 0. The number of hydrogen-bond donors (Lipinski definition) is 0. The van der Waals surface area contributed by atoms with Gasteiger partial charge in [-0.1, -0.05) is 6.07 Å². The molecule has 2 aromatic rings. The van der Waals surface area contributed by atoms with Crippen molar-refractivity contribution in [2.24, 2.45) is 0 Å². The van der Waals surface area contributed by atoms with Crippen LogP contribution in [0.4, 0.5) is 0 Å². The van der Waals surface area contributed by atoms with E-state index >= 15 is 0 Å². The van der Waals surface area contributed by atoms with Crippen molar-refractivity contribution in [1.82, 2.24) is 4.98 Å². The first-order chi connectivity index (χ1) is 11.1. The van der Waals surface area contributed by atoms with E-state index in [0.29, 0.717) is 5.92 Å². The number of benzene rings is 1. The highest BCUT2D eigenvalue weighted by atomic mass is 16.5. The maximum atomic E-state index is 5.44. The first-order valence-corrected chi connectivity index (χ1v) is 8.30. The summed E-state index contributed by atoms with van der Waals surface area (Å²) in [5.41, 5.74) is 6.59. The topological polar surface area (TPSA) is 31.4 Å². The van der Waals surface area contributed by atoms with E-state index in [1.54, 1.807) is 14.2 Å². The van der Waals surface area contributed by atoms with Crippen LogP contribution in [0, 0.1) is 13.8 Å². The highest BCUT2D eigenvalue weighted by molar-refractivity contribution is 5.44. The lowest BCUT2D eigenvalue weighted by Gasteiger charge is -2.27. The molecule has 0 bridgehead atoms. The van der Waals surface area contributed by atoms with E-state index in [1.165, 1.54) is 35.2 Å². The van der Waals surface area contributed by atoms with Crippen molar-refractivity contribution in [2.75, 3.05) is 14.2 Å². The molecule has 0 N–H and O–H groups in total. The molecule has 1 unspecified atom stereocenters. The van der Waals surface area contributed by atoms with Gasteiger partial charge in [-0.25, -0.2) is 0 Å². The van der Waals surface area contributed by atoms with Gasteiger partial charge in [0.15, 0.2) is 11.5 Å². The summed E-state index contributed by atoms with van der Waals surface area (Å²) in [4.78, 5) is 4.78. The number of hydrogen-bond acceptors (Lipinski definition) is 3. The molecule has 23 heavy (non-hydrogen) atoms. The van der Waals surface area contributed by atoms with Crippen molar-refractivity contribution in [2.45, 2.75) is 45.4 Å². The molecule has 0 aliphatic heterocycles. The molecule has 0 fully saturated rings. The summed E-state index contributed by atoms with van der Waals surface area (Å²) in [6, 6.07) is 8.46. The normalized spacial score (nSPS) is 16.8.